The molecular weight excluding hydrogens is 500 g/mol. The Balaban J connectivity index is 1.47. The summed E-state index contributed by atoms with van der Waals surface area (Å²) in [5, 5.41) is 3.16. The molecule has 6 heteroatoms. The molecule has 1 amide bonds. The molecule has 5 aliphatic carbocycles. The summed E-state index contributed by atoms with van der Waals surface area (Å²) in [6.07, 6.45) is 11.7. The highest BCUT2D eigenvalue weighted by Crippen LogP contribution is 2.71. The topological polar surface area (TPSA) is 98.5 Å². The van der Waals surface area contributed by atoms with Crippen LogP contribution in [0.2, 0.25) is 0 Å². The van der Waals surface area contributed by atoms with Gasteiger partial charge < -0.3 is 15.8 Å². The summed E-state index contributed by atoms with van der Waals surface area (Å²) in [6, 6.07) is 0. The number of ketones is 1. The van der Waals surface area contributed by atoms with Crippen LogP contribution in [0.5, 0.6) is 0 Å². The normalized spacial score (nSPS) is 45.6. The number of ether oxygens (including phenoxy) is 1. The number of allylic oxidation sites excluding steroid dienone is 2. The molecule has 5 rings (SSSR count). The smallest absolute Gasteiger partial charge is 0.302 e. The van der Waals surface area contributed by atoms with Crippen LogP contribution in [0.15, 0.2) is 11.6 Å². The molecule has 0 aliphatic heterocycles. The van der Waals surface area contributed by atoms with Gasteiger partial charge in [0.05, 0.1) is 0 Å². The molecule has 0 saturated heterocycles. The Labute approximate surface area is 242 Å². The Morgan fingerprint density at radius 2 is 1.65 bits per heavy atom. The molecular formula is C34H54N2O4. The van der Waals surface area contributed by atoms with Crippen LogP contribution in [0, 0.1) is 50.7 Å². The molecule has 4 fully saturated rings. The number of amides is 1. The van der Waals surface area contributed by atoms with Crippen molar-refractivity contribution in [2.75, 3.05) is 13.1 Å². The van der Waals surface area contributed by atoms with E-state index in [0.717, 1.165) is 57.8 Å². The highest BCUT2D eigenvalue weighted by atomic mass is 16.5. The number of hydrogen-bond acceptors (Lipinski definition) is 5. The zero-order valence-electron chi connectivity index (χ0n) is 26.2. The average Bonchev–Trinajstić information content (AvgIpc) is 2.86. The molecule has 0 aromatic carbocycles. The van der Waals surface area contributed by atoms with Crippen LogP contribution in [0.4, 0.5) is 0 Å². The molecule has 5 aliphatic rings. The van der Waals surface area contributed by atoms with Gasteiger partial charge in [0.25, 0.3) is 0 Å². The maximum atomic E-state index is 14.4. The summed E-state index contributed by atoms with van der Waals surface area (Å²) in [5.74, 6) is 1.24. The highest BCUT2D eigenvalue weighted by Gasteiger charge is 2.67. The van der Waals surface area contributed by atoms with E-state index in [1.807, 2.05) is 0 Å². The van der Waals surface area contributed by atoms with E-state index in [4.69, 9.17) is 10.5 Å². The van der Waals surface area contributed by atoms with Gasteiger partial charge in [0.15, 0.2) is 5.78 Å². The summed E-state index contributed by atoms with van der Waals surface area (Å²) in [7, 11) is 0. The second kappa shape index (κ2) is 9.95. The molecule has 3 N–H and O–H groups in total. The zero-order chi connectivity index (χ0) is 29.3. The third kappa shape index (κ3) is 4.41. The number of carbonyl (C=O) groups is 3. The third-order valence-electron chi connectivity index (χ3n) is 13.2. The molecule has 0 bridgehead atoms. The number of fused-ring (bicyclic) bond motifs is 7. The van der Waals surface area contributed by atoms with Crippen molar-refractivity contribution in [3.05, 3.63) is 11.6 Å². The van der Waals surface area contributed by atoms with Gasteiger partial charge in [-0.25, -0.2) is 0 Å². The van der Waals surface area contributed by atoms with Gasteiger partial charge in [-0.05, 0) is 111 Å². The predicted octanol–water partition coefficient (Wildman–Crippen LogP) is 5.97. The van der Waals surface area contributed by atoms with Crippen LogP contribution in [-0.2, 0) is 19.1 Å². The minimum absolute atomic E-state index is 0.0102. The van der Waals surface area contributed by atoms with Gasteiger partial charge in [0, 0.05) is 30.2 Å². The van der Waals surface area contributed by atoms with E-state index in [2.05, 4.69) is 52.9 Å². The lowest BCUT2D eigenvalue weighted by molar-refractivity contribution is -0.200. The van der Waals surface area contributed by atoms with E-state index in [-0.39, 0.29) is 51.5 Å². The molecule has 0 radical (unpaired) electrons. The Kier molecular flexibility index (Phi) is 7.41. The van der Waals surface area contributed by atoms with E-state index in [1.165, 1.54) is 18.9 Å². The fourth-order valence-corrected chi connectivity index (χ4v) is 11.0. The number of esters is 1. The first kappa shape index (κ1) is 29.8. The number of carbonyl (C=O) groups excluding carboxylic acids is 3. The van der Waals surface area contributed by atoms with Gasteiger partial charge in [-0.3, -0.25) is 14.4 Å². The molecule has 40 heavy (non-hydrogen) atoms. The van der Waals surface area contributed by atoms with E-state index in [0.29, 0.717) is 30.7 Å². The van der Waals surface area contributed by atoms with Gasteiger partial charge in [0.2, 0.25) is 5.91 Å². The van der Waals surface area contributed by atoms with Crippen LogP contribution >= 0.6 is 0 Å². The highest BCUT2D eigenvalue weighted by molar-refractivity contribution is 5.95. The molecule has 9 atom stereocenters. The quantitative estimate of drug-likeness (QED) is 0.322. The van der Waals surface area contributed by atoms with Crippen LogP contribution in [0.3, 0.4) is 0 Å². The molecule has 3 unspecified atom stereocenters. The largest absolute Gasteiger partial charge is 0.462 e. The number of hydrogen-bond donors (Lipinski definition) is 2. The molecule has 0 spiro atoms. The molecule has 0 aromatic heterocycles. The van der Waals surface area contributed by atoms with Crippen molar-refractivity contribution < 1.29 is 19.1 Å². The number of nitrogens with two attached hydrogens (primary N) is 1. The summed E-state index contributed by atoms with van der Waals surface area (Å²) in [5.41, 5.74) is 6.40. The monoisotopic (exact) mass is 554 g/mol. The van der Waals surface area contributed by atoms with Crippen molar-refractivity contribution in [3.8, 4) is 0 Å². The minimum Gasteiger partial charge on any atom is -0.462 e. The fourth-order valence-electron chi connectivity index (χ4n) is 11.0. The summed E-state index contributed by atoms with van der Waals surface area (Å²) in [6.45, 7) is 16.6. The lowest BCUT2D eigenvalue weighted by atomic mass is 9.37. The maximum absolute atomic E-state index is 14.4. The predicted molar refractivity (Wildman–Crippen MR) is 157 cm³/mol. The third-order valence-corrected chi connectivity index (χ3v) is 13.2. The van der Waals surface area contributed by atoms with Crippen LogP contribution in [-0.4, -0.2) is 36.9 Å². The molecule has 0 heterocycles. The lowest BCUT2D eigenvalue weighted by Crippen LogP contribution is -2.64. The molecule has 6 nitrogen and oxygen atoms in total. The zero-order valence-corrected chi connectivity index (χ0v) is 26.2. The first-order chi connectivity index (χ1) is 18.6. The Hall–Kier alpha value is -1.69. The van der Waals surface area contributed by atoms with Gasteiger partial charge >= 0.3 is 5.97 Å². The van der Waals surface area contributed by atoms with Crippen molar-refractivity contribution in [2.24, 2.45) is 56.5 Å². The van der Waals surface area contributed by atoms with Gasteiger partial charge in [-0.1, -0.05) is 47.1 Å². The summed E-state index contributed by atoms with van der Waals surface area (Å²) >= 11 is 0. The second-order valence-electron chi connectivity index (χ2n) is 16.0. The molecule has 4 saturated carbocycles. The van der Waals surface area contributed by atoms with E-state index in [9.17, 15) is 14.4 Å². The van der Waals surface area contributed by atoms with Crippen molar-refractivity contribution in [2.45, 2.75) is 119 Å². The SMILES string of the molecule is CC(=O)O[C@H]1CC[C@@]2(C)C(CC[C@@]3(C)C4CC[C@@]5(C)CC[C@](C)(C(=O)NCCCN)C[C@H]5C4=CC(=O)C32)C1(C)C. The Morgan fingerprint density at radius 1 is 0.950 bits per heavy atom. The van der Waals surface area contributed by atoms with E-state index in [1.54, 1.807) is 0 Å². The van der Waals surface area contributed by atoms with Crippen molar-refractivity contribution >= 4 is 17.7 Å². The average molecular weight is 555 g/mol. The number of nitrogens with one attached hydrogen (secondary N) is 1. The Morgan fingerprint density at radius 3 is 2.33 bits per heavy atom. The van der Waals surface area contributed by atoms with Crippen molar-refractivity contribution in [3.63, 3.8) is 0 Å². The minimum atomic E-state index is -0.412. The number of rotatable bonds is 5. The Bertz CT molecular complexity index is 1100. The van der Waals surface area contributed by atoms with Crippen molar-refractivity contribution in [1.29, 1.82) is 0 Å². The first-order valence-electron chi connectivity index (χ1n) is 16.0. The van der Waals surface area contributed by atoms with Crippen molar-refractivity contribution in [1.82, 2.24) is 5.32 Å². The van der Waals surface area contributed by atoms with E-state index < -0.39 is 5.41 Å². The lowest BCUT2D eigenvalue weighted by Gasteiger charge is -2.67. The van der Waals surface area contributed by atoms with Crippen LogP contribution in [0.25, 0.3) is 0 Å². The standard InChI is InChI=1S/C34H54N2O4/c1-21(37)40-27-11-14-34(7)26(30(27,2)3)10-13-33(6)23-9-12-31(4)15-16-32(5,29(39)36-18-8-17-35)20-24(31)22(23)19-25(38)28(33)34/h19,23-24,26-28H,8-18,20,35H2,1-7H3,(H,36,39)/t23?,24-,26?,27-,28?,31-,32-,33-,34-/m0/s1. The van der Waals surface area contributed by atoms with Gasteiger partial charge in [0.1, 0.15) is 6.10 Å². The fraction of sp³-hybridized carbons (Fsp3) is 0.853. The summed E-state index contributed by atoms with van der Waals surface area (Å²) < 4.78 is 5.84. The van der Waals surface area contributed by atoms with Crippen LogP contribution in [0.1, 0.15) is 113 Å². The van der Waals surface area contributed by atoms with Gasteiger partial charge in [-0.2, -0.15) is 0 Å². The van der Waals surface area contributed by atoms with E-state index >= 15 is 0 Å². The summed E-state index contributed by atoms with van der Waals surface area (Å²) in [4.78, 5) is 39.7. The molecule has 0 aromatic rings. The van der Waals surface area contributed by atoms with Gasteiger partial charge in [-0.15, -0.1) is 0 Å². The second-order valence-corrected chi connectivity index (χ2v) is 16.0. The molecule has 224 valence electrons. The maximum Gasteiger partial charge on any atom is 0.302 e. The van der Waals surface area contributed by atoms with Crippen LogP contribution < -0.4 is 11.1 Å². The first-order valence-corrected chi connectivity index (χ1v) is 16.0.